The molecule has 5 nitrogen and oxygen atoms in total. The third-order valence-corrected chi connectivity index (χ3v) is 6.25. The molecule has 1 amide bonds. The summed E-state index contributed by atoms with van der Waals surface area (Å²) in [6.07, 6.45) is 2.60. The average Bonchev–Trinajstić information content (AvgIpc) is 2.79. The molecule has 31 heavy (non-hydrogen) atoms. The van der Waals surface area contributed by atoms with Crippen molar-refractivity contribution in [3.05, 3.63) is 92.9 Å². The Morgan fingerprint density at radius 1 is 1.10 bits per heavy atom. The number of aromatic nitrogens is 2. The molecule has 162 valence electrons. The quantitative estimate of drug-likeness (QED) is 0.305. The van der Waals surface area contributed by atoms with Crippen molar-refractivity contribution in [2.75, 3.05) is 6.54 Å². The molecule has 0 aliphatic rings. The van der Waals surface area contributed by atoms with Gasteiger partial charge in [0.1, 0.15) is 0 Å². The Bertz CT molecular complexity index is 1090. The molecule has 0 aliphatic carbocycles. The normalized spacial score (nSPS) is 10.8. The number of amides is 1. The molecule has 0 radical (unpaired) electrons. The van der Waals surface area contributed by atoms with E-state index in [2.05, 4.69) is 12.2 Å². The molecule has 0 aliphatic heterocycles. The van der Waals surface area contributed by atoms with Gasteiger partial charge in [0.25, 0.3) is 11.5 Å². The maximum atomic E-state index is 13.0. The van der Waals surface area contributed by atoms with Crippen molar-refractivity contribution in [2.45, 2.75) is 44.0 Å². The van der Waals surface area contributed by atoms with E-state index in [-0.39, 0.29) is 11.5 Å². The first-order valence-electron chi connectivity index (χ1n) is 10.6. The van der Waals surface area contributed by atoms with Gasteiger partial charge < -0.3 is 5.32 Å². The molecular weight excluding hydrogens is 406 g/mol. The number of unbranched alkanes of at least 4 members (excludes halogenated alkanes) is 1. The van der Waals surface area contributed by atoms with E-state index in [0.29, 0.717) is 29.4 Å². The predicted octanol–water partition coefficient (Wildman–Crippen LogP) is 4.50. The monoisotopic (exact) mass is 435 g/mol. The van der Waals surface area contributed by atoms with Crippen LogP contribution < -0.4 is 10.9 Å². The van der Waals surface area contributed by atoms with Crippen LogP contribution in [0.1, 0.15) is 52.5 Å². The standard InChI is InChI=1S/C25H29N3O2S/c1-4-5-14-26-23(29)21-13-9-12-20(15-21)17-31-25-27-18(2)22(24(30)28(25)3)16-19-10-7-6-8-11-19/h6-13,15H,4-5,14,16-17H2,1-3H3,(H,26,29). The summed E-state index contributed by atoms with van der Waals surface area (Å²) in [5, 5.41) is 3.63. The molecule has 0 spiro atoms. The Balaban J connectivity index is 1.72. The molecule has 1 aromatic heterocycles. The van der Waals surface area contributed by atoms with Crippen molar-refractivity contribution in [1.82, 2.24) is 14.9 Å². The fraction of sp³-hybridized carbons (Fsp3) is 0.320. The van der Waals surface area contributed by atoms with Crippen LogP contribution in [0.15, 0.2) is 64.5 Å². The lowest BCUT2D eigenvalue weighted by Gasteiger charge is -2.12. The van der Waals surface area contributed by atoms with Gasteiger partial charge in [0.2, 0.25) is 0 Å². The second kappa shape index (κ2) is 11.0. The molecule has 0 unspecified atom stereocenters. The Kier molecular flexibility index (Phi) is 8.06. The van der Waals surface area contributed by atoms with Crippen LogP contribution >= 0.6 is 11.8 Å². The third-order valence-electron chi connectivity index (χ3n) is 5.15. The minimum atomic E-state index is -0.0491. The Hall–Kier alpha value is -2.86. The van der Waals surface area contributed by atoms with Crippen LogP contribution in [0.25, 0.3) is 0 Å². The van der Waals surface area contributed by atoms with Gasteiger partial charge in [-0.25, -0.2) is 4.98 Å². The smallest absolute Gasteiger partial charge is 0.257 e. The molecule has 1 heterocycles. The SMILES string of the molecule is CCCCNC(=O)c1cccc(CSc2nc(C)c(Cc3ccccc3)c(=O)n2C)c1. The molecule has 0 saturated carbocycles. The highest BCUT2D eigenvalue weighted by molar-refractivity contribution is 7.98. The van der Waals surface area contributed by atoms with Crippen molar-refractivity contribution >= 4 is 17.7 Å². The highest BCUT2D eigenvalue weighted by Gasteiger charge is 2.13. The Labute approximate surface area is 187 Å². The van der Waals surface area contributed by atoms with E-state index in [4.69, 9.17) is 4.98 Å². The van der Waals surface area contributed by atoms with E-state index in [1.807, 2.05) is 61.5 Å². The zero-order valence-corrected chi connectivity index (χ0v) is 19.2. The minimum absolute atomic E-state index is 0.0112. The van der Waals surface area contributed by atoms with E-state index in [1.165, 1.54) is 11.8 Å². The Morgan fingerprint density at radius 3 is 2.58 bits per heavy atom. The van der Waals surface area contributed by atoms with Gasteiger partial charge in [-0.05, 0) is 36.6 Å². The number of hydrogen-bond donors (Lipinski definition) is 1. The zero-order valence-electron chi connectivity index (χ0n) is 18.4. The summed E-state index contributed by atoms with van der Waals surface area (Å²) in [5.74, 6) is 0.584. The summed E-state index contributed by atoms with van der Waals surface area (Å²) in [4.78, 5) is 30.0. The molecular formula is C25H29N3O2S. The van der Waals surface area contributed by atoms with Gasteiger partial charge in [-0.15, -0.1) is 0 Å². The van der Waals surface area contributed by atoms with Crippen LogP contribution in [-0.4, -0.2) is 22.0 Å². The molecule has 2 aromatic carbocycles. The van der Waals surface area contributed by atoms with Crippen LogP contribution in [0.4, 0.5) is 0 Å². The number of hydrogen-bond acceptors (Lipinski definition) is 4. The summed E-state index contributed by atoms with van der Waals surface area (Å²) in [6, 6.07) is 17.6. The highest BCUT2D eigenvalue weighted by Crippen LogP contribution is 2.22. The first-order chi connectivity index (χ1) is 15.0. The zero-order chi connectivity index (χ0) is 22.2. The minimum Gasteiger partial charge on any atom is -0.352 e. The topological polar surface area (TPSA) is 64.0 Å². The van der Waals surface area contributed by atoms with Crippen molar-refractivity contribution in [3.63, 3.8) is 0 Å². The maximum absolute atomic E-state index is 13.0. The van der Waals surface area contributed by atoms with Gasteiger partial charge in [-0.2, -0.15) is 0 Å². The second-order valence-electron chi connectivity index (χ2n) is 7.58. The van der Waals surface area contributed by atoms with Crippen molar-refractivity contribution in [1.29, 1.82) is 0 Å². The summed E-state index contributed by atoms with van der Waals surface area (Å²) in [6.45, 7) is 4.68. The Morgan fingerprint density at radius 2 is 1.84 bits per heavy atom. The number of thioether (sulfide) groups is 1. The van der Waals surface area contributed by atoms with Gasteiger partial charge in [0.15, 0.2) is 5.16 Å². The fourth-order valence-corrected chi connectivity index (χ4v) is 4.25. The third kappa shape index (κ3) is 6.07. The van der Waals surface area contributed by atoms with Gasteiger partial charge in [-0.1, -0.05) is 67.6 Å². The number of carbonyl (C=O) groups is 1. The average molecular weight is 436 g/mol. The fourth-order valence-electron chi connectivity index (χ4n) is 3.29. The van der Waals surface area contributed by atoms with Crippen LogP contribution in [0.2, 0.25) is 0 Å². The lowest BCUT2D eigenvalue weighted by molar-refractivity contribution is 0.0953. The molecule has 3 rings (SSSR count). The van der Waals surface area contributed by atoms with Gasteiger partial charge in [0, 0.05) is 42.6 Å². The highest BCUT2D eigenvalue weighted by atomic mass is 32.2. The van der Waals surface area contributed by atoms with E-state index in [0.717, 1.165) is 35.2 Å². The number of nitrogens with zero attached hydrogens (tertiary/aromatic N) is 2. The summed E-state index contributed by atoms with van der Waals surface area (Å²) >= 11 is 1.51. The van der Waals surface area contributed by atoms with Crippen LogP contribution in [0.3, 0.4) is 0 Å². The molecule has 6 heteroatoms. The van der Waals surface area contributed by atoms with Crippen molar-refractivity contribution < 1.29 is 4.79 Å². The molecule has 0 bridgehead atoms. The van der Waals surface area contributed by atoms with Crippen molar-refractivity contribution in [3.8, 4) is 0 Å². The second-order valence-corrected chi connectivity index (χ2v) is 8.53. The molecule has 1 N–H and O–H groups in total. The summed E-state index contributed by atoms with van der Waals surface area (Å²) < 4.78 is 1.62. The molecule has 3 aromatic rings. The first-order valence-corrected chi connectivity index (χ1v) is 11.6. The summed E-state index contributed by atoms with van der Waals surface area (Å²) in [5.41, 5.74) is 4.25. The van der Waals surface area contributed by atoms with Crippen LogP contribution in [-0.2, 0) is 19.2 Å². The number of nitrogens with one attached hydrogen (secondary N) is 1. The van der Waals surface area contributed by atoms with E-state index in [9.17, 15) is 9.59 Å². The first kappa shape index (κ1) is 22.8. The molecule has 0 atom stereocenters. The number of aryl methyl sites for hydroxylation is 1. The van der Waals surface area contributed by atoms with Gasteiger partial charge in [0.05, 0.1) is 0 Å². The van der Waals surface area contributed by atoms with Crippen molar-refractivity contribution in [2.24, 2.45) is 7.05 Å². The van der Waals surface area contributed by atoms with Crippen LogP contribution in [0.5, 0.6) is 0 Å². The molecule has 0 fully saturated rings. The number of rotatable bonds is 9. The van der Waals surface area contributed by atoms with E-state index >= 15 is 0 Å². The maximum Gasteiger partial charge on any atom is 0.257 e. The van der Waals surface area contributed by atoms with Crippen LogP contribution in [0, 0.1) is 6.92 Å². The van der Waals surface area contributed by atoms with Gasteiger partial charge in [-0.3, -0.25) is 14.2 Å². The summed E-state index contributed by atoms with van der Waals surface area (Å²) in [7, 11) is 1.77. The van der Waals surface area contributed by atoms with Gasteiger partial charge >= 0.3 is 0 Å². The lowest BCUT2D eigenvalue weighted by atomic mass is 10.1. The number of carbonyl (C=O) groups excluding carboxylic acids is 1. The largest absolute Gasteiger partial charge is 0.352 e. The van der Waals surface area contributed by atoms with E-state index in [1.54, 1.807) is 11.6 Å². The number of benzene rings is 2. The lowest BCUT2D eigenvalue weighted by Crippen LogP contribution is -2.25. The molecule has 0 saturated heterocycles. The predicted molar refractivity (Wildman–Crippen MR) is 127 cm³/mol. The van der Waals surface area contributed by atoms with E-state index < -0.39 is 0 Å².